The average Bonchev–Trinajstić information content (AvgIpc) is 2.65. The summed E-state index contributed by atoms with van der Waals surface area (Å²) in [4.78, 5) is 32.5. The first-order chi connectivity index (χ1) is 10.3. The molecule has 0 saturated carbocycles. The number of aryl methyl sites for hydroxylation is 1. The van der Waals surface area contributed by atoms with E-state index in [9.17, 15) is 9.59 Å². The Morgan fingerprint density at radius 1 is 1.27 bits per heavy atom. The molecule has 2 aromatic heterocycles. The number of rotatable bonds is 2. The maximum Gasteiger partial charge on any atom is 0.276 e. The fraction of sp³-hybridized carbons (Fsp3) is 0.286. The molecule has 0 bridgehead atoms. The first-order valence-corrected chi connectivity index (χ1v) is 7.01. The predicted molar refractivity (Wildman–Crippen MR) is 82.6 cm³/mol. The van der Waals surface area contributed by atoms with Gasteiger partial charge < -0.3 is 10.6 Å². The van der Waals surface area contributed by atoms with Crippen molar-refractivity contribution in [2.45, 2.75) is 26.4 Å². The first kappa shape index (κ1) is 14.5. The molecule has 0 fully saturated rings. The fourth-order valence-corrected chi connectivity index (χ4v) is 2.73. The molecular weight excluding hydrogens is 306 g/mol. The highest BCUT2D eigenvalue weighted by Crippen LogP contribution is 2.25. The number of hydrogen-bond acceptors (Lipinski definition) is 5. The number of pyridine rings is 1. The molecule has 0 atom stereocenters. The minimum atomic E-state index is -0.782. The van der Waals surface area contributed by atoms with E-state index in [-0.39, 0.29) is 16.6 Å². The minimum absolute atomic E-state index is 0.253. The third-order valence-electron chi connectivity index (χ3n) is 3.48. The van der Waals surface area contributed by atoms with Crippen molar-refractivity contribution in [2.75, 3.05) is 5.32 Å². The van der Waals surface area contributed by atoms with Crippen LogP contribution in [0.5, 0.6) is 0 Å². The Morgan fingerprint density at radius 2 is 2.00 bits per heavy atom. The van der Waals surface area contributed by atoms with E-state index in [1.807, 2.05) is 0 Å². The second-order valence-corrected chi connectivity index (χ2v) is 5.98. The van der Waals surface area contributed by atoms with Crippen molar-refractivity contribution in [3.63, 3.8) is 0 Å². The number of carbonyl (C=O) groups is 1. The van der Waals surface area contributed by atoms with E-state index in [2.05, 4.69) is 20.6 Å². The Kier molecular flexibility index (Phi) is 3.17. The Hall–Kier alpha value is -2.41. The molecule has 8 heteroatoms. The van der Waals surface area contributed by atoms with Gasteiger partial charge in [-0.15, -0.1) is 0 Å². The number of aromatic nitrogens is 3. The van der Waals surface area contributed by atoms with Crippen LogP contribution in [-0.4, -0.2) is 20.4 Å². The smallest absolute Gasteiger partial charge is 0.276 e. The molecule has 1 aliphatic heterocycles. The maximum atomic E-state index is 12.7. The van der Waals surface area contributed by atoms with Crippen LogP contribution in [0.25, 0.3) is 0 Å². The van der Waals surface area contributed by atoms with Gasteiger partial charge in [0.15, 0.2) is 0 Å². The first-order valence-electron chi connectivity index (χ1n) is 6.64. The SMILES string of the molecule is Cc1cc(Nc2cc(Cl)ncn2)c(=O)n2c1C(=O)NC2(C)C. The lowest BCUT2D eigenvalue weighted by Crippen LogP contribution is -2.42. The van der Waals surface area contributed by atoms with Gasteiger partial charge in [-0.05, 0) is 32.4 Å². The van der Waals surface area contributed by atoms with Gasteiger partial charge in [0.1, 0.15) is 34.3 Å². The zero-order chi connectivity index (χ0) is 16.1. The minimum Gasteiger partial charge on any atom is -0.336 e. The van der Waals surface area contributed by atoms with Crippen molar-refractivity contribution in [2.24, 2.45) is 0 Å². The second-order valence-electron chi connectivity index (χ2n) is 5.59. The molecule has 0 unspecified atom stereocenters. The number of fused-ring (bicyclic) bond motifs is 1. The molecule has 7 nitrogen and oxygen atoms in total. The summed E-state index contributed by atoms with van der Waals surface area (Å²) in [6, 6.07) is 3.15. The van der Waals surface area contributed by atoms with Crippen LogP contribution in [0, 0.1) is 6.92 Å². The Labute approximate surface area is 131 Å². The van der Waals surface area contributed by atoms with Gasteiger partial charge >= 0.3 is 0 Å². The maximum absolute atomic E-state index is 12.7. The molecule has 0 aromatic carbocycles. The molecule has 2 N–H and O–H groups in total. The van der Waals surface area contributed by atoms with Crippen LogP contribution in [0.2, 0.25) is 5.15 Å². The molecule has 1 aliphatic rings. The van der Waals surface area contributed by atoms with Crippen LogP contribution in [0.3, 0.4) is 0 Å². The van der Waals surface area contributed by atoms with Crippen LogP contribution in [0.15, 0.2) is 23.3 Å². The van der Waals surface area contributed by atoms with Gasteiger partial charge in [-0.3, -0.25) is 14.2 Å². The second kappa shape index (κ2) is 4.81. The van der Waals surface area contributed by atoms with Crippen molar-refractivity contribution >= 4 is 29.0 Å². The lowest BCUT2D eigenvalue weighted by molar-refractivity contribution is 0.0934. The quantitative estimate of drug-likeness (QED) is 0.824. The lowest BCUT2D eigenvalue weighted by Gasteiger charge is -2.22. The van der Waals surface area contributed by atoms with Gasteiger partial charge in [0, 0.05) is 6.07 Å². The summed E-state index contributed by atoms with van der Waals surface area (Å²) in [5, 5.41) is 5.99. The summed E-state index contributed by atoms with van der Waals surface area (Å²) in [7, 11) is 0. The number of amides is 1. The molecule has 22 heavy (non-hydrogen) atoms. The number of nitrogens with zero attached hydrogens (tertiary/aromatic N) is 3. The van der Waals surface area contributed by atoms with Crippen LogP contribution in [0.1, 0.15) is 29.9 Å². The summed E-state index contributed by atoms with van der Waals surface area (Å²) < 4.78 is 1.45. The van der Waals surface area contributed by atoms with Crippen LogP contribution < -0.4 is 16.2 Å². The summed E-state index contributed by atoms with van der Waals surface area (Å²) in [6.45, 7) is 5.32. The molecule has 0 radical (unpaired) electrons. The third-order valence-corrected chi connectivity index (χ3v) is 3.69. The predicted octanol–water partition coefficient (Wildman–Crippen LogP) is 1.78. The van der Waals surface area contributed by atoms with Gasteiger partial charge in [0.05, 0.1) is 0 Å². The zero-order valence-electron chi connectivity index (χ0n) is 12.3. The average molecular weight is 320 g/mol. The number of halogens is 1. The highest BCUT2D eigenvalue weighted by molar-refractivity contribution is 6.29. The summed E-state index contributed by atoms with van der Waals surface area (Å²) in [5.41, 5.74) is 0.306. The highest BCUT2D eigenvalue weighted by atomic mass is 35.5. The van der Waals surface area contributed by atoms with Gasteiger partial charge in [-0.2, -0.15) is 0 Å². The molecule has 0 aliphatic carbocycles. The lowest BCUT2D eigenvalue weighted by atomic mass is 10.1. The summed E-state index contributed by atoms with van der Waals surface area (Å²) in [6.07, 6.45) is 1.30. The topological polar surface area (TPSA) is 88.9 Å². The van der Waals surface area contributed by atoms with Gasteiger partial charge in [-0.25, -0.2) is 9.97 Å². The van der Waals surface area contributed by atoms with Gasteiger partial charge in [-0.1, -0.05) is 11.6 Å². The van der Waals surface area contributed by atoms with Gasteiger partial charge in [0.2, 0.25) is 0 Å². The third kappa shape index (κ3) is 2.23. The molecule has 0 saturated heterocycles. The molecule has 1 amide bonds. The number of carbonyl (C=O) groups excluding carboxylic acids is 1. The molecular formula is C14H14ClN5O2. The van der Waals surface area contributed by atoms with Crippen molar-refractivity contribution in [1.29, 1.82) is 0 Å². The Bertz CT molecular complexity index is 844. The standard InChI is InChI=1S/C14H14ClN5O2/c1-7-4-8(18-10-5-9(15)16-6-17-10)13(22)20-11(7)12(21)19-14(20,2)3/h4-6H,1-3H3,(H,19,21)(H,16,17,18). The van der Waals surface area contributed by atoms with Crippen LogP contribution >= 0.6 is 11.6 Å². The van der Waals surface area contributed by atoms with E-state index in [4.69, 9.17) is 11.6 Å². The Morgan fingerprint density at radius 3 is 2.68 bits per heavy atom. The van der Waals surface area contributed by atoms with E-state index in [0.717, 1.165) is 0 Å². The van der Waals surface area contributed by atoms with Crippen LogP contribution in [-0.2, 0) is 5.66 Å². The molecule has 3 heterocycles. The van der Waals surface area contributed by atoms with Crippen molar-refractivity contribution < 1.29 is 4.79 Å². The van der Waals surface area contributed by atoms with Crippen molar-refractivity contribution in [1.82, 2.24) is 19.9 Å². The zero-order valence-corrected chi connectivity index (χ0v) is 13.0. The van der Waals surface area contributed by atoms with Crippen molar-refractivity contribution in [3.8, 4) is 0 Å². The summed E-state index contributed by atoms with van der Waals surface area (Å²) >= 11 is 5.81. The van der Waals surface area contributed by atoms with E-state index in [1.54, 1.807) is 26.8 Å². The van der Waals surface area contributed by atoms with E-state index >= 15 is 0 Å². The highest BCUT2D eigenvalue weighted by Gasteiger charge is 2.37. The monoisotopic (exact) mass is 319 g/mol. The number of nitrogens with one attached hydrogen (secondary N) is 2. The normalized spacial score (nSPS) is 15.4. The number of anilines is 2. The fourth-order valence-electron chi connectivity index (χ4n) is 2.58. The van der Waals surface area contributed by atoms with Gasteiger partial charge in [0.25, 0.3) is 11.5 Å². The van der Waals surface area contributed by atoms with Crippen molar-refractivity contribution in [3.05, 3.63) is 45.2 Å². The van der Waals surface area contributed by atoms with E-state index < -0.39 is 5.66 Å². The Balaban J connectivity index is 2.14. The summed E-state index contributed by atoms with van der Waals surface area (Å²) in [5.74, 6) is 0.156. The molecule has 114 valence electrons. The molecule has 0 spiro atoms. The number of hydrogen-bond donors (Lipinski definition) is 2. The largest absolute Gasteiger partial charge is 0.336 e. The van der Waals surface area contributed by atoms with E-state index in [0.29, 0.717) is 22.8 Å². The van der Waals surface area contributed by atoms with Crippen LogP contribution in [0.4, 0.5) is 11.5 Å². The molecule has 2 aromatic rings. The molecule has 3 rings (SSSR count). The van der Waals surface area contributed by atoms with E-state index in [1.165, 1.54) is 17.0 Å².